The van der Waals surface area contributed by atoms with Gasteiger partial charge in [0, 0.05) is 31.2 Å². The van der Waals surface area contributed by atoms with Crippen molar-refractivity contribution in [1.82, 2.24) is 24.1 Å². The van der Waals surface area contributed by atoms with Crippen LogP contribution >= 0.6 is 11.6 Å². The summed E-state index contributed by atoms with van der Waals surface area (Å²) in [5.41, 5.74) is 1.37. The van der Waals surface area contributed by atoms with Crippen LogP contribution in [0, 0.1) is 18.8 Å². The summed E-state index contributed by atoms with van der Waals surface area (Å²) in [7, 11) is -3.39. The van der Waals surface area contributed by atoms with E-state index >= 15 is 0 Å². The molecule has 8 nitrogen and oxygen atoms in total. The SMILES string of the molecule is Cc1nnc2ccc(N3CC4CN(S(=O)(=O)Cc5ccccc5Cl)CC4C3)nn12. The summed E-state index contributed by atoms with van der Waals surface area (Å²) in [6.07, 6.45) is 0. The van der Waals surface area contributed by atoms with Crippen LogP contribution in [-0.2, 0) is 15.8 Å². The maximum atomic E-state index is 12.9. The Morgan fingerprint density at radius 3 is 2.48 bits per heavy atom. The number of benzene rings is 1. The Hall–Kier alpha value is -2.23. The average Bonchev–Trinajstić information content (AvgIpc) is 3.37. The first-order chi connectivity index (χ1) is 13.9. The summed E-state index contributed by atoms with van der Waals surface area (Å²) in [4.78, 5) is 2.23. The maximum Gasteiger partial charge on any atom is 0.218 e. The molecule has 3 aromatic rings. The third-order valence-corrected chi connectivity index (χ3v) is 8.00. The zero-order valence-corrected chi connectivity index (χ0v) is 17.5. The highest BCUT2D eigenvalue weighted by molar-refractivity contribution is 7.88. The van der Waals surface area contributed by atoms with Crippen LogP contribution in [0.2, 0.25) is 5.02 Å². The highest BCUT2D eigenvalue weighted by Crippen LogP contribution is 2.35. The summed E-state index contributed by atoms with van der Waals surface area (Å²) < 4.78 is 29.2. The Bertz CT molecular complexity index is 1170. The molecule has 0 amide bonds. The molecule has 10 heteroatoms. The minimum absolute atomic E-state index is 0.0546. The van der Waals surface area contributed by atoms with E-state index in [1.54, 1.807) is 27.0 Å². The number of hydrogen-bond donors (Lipinski definition) is 0. The predicted octanol–water partition coefficient (Wildman–Crippen LogP) is 1.98. The fourth-order valence-corrected chi connectivity index (χ4v) is 6.27. The van der Waals surface area contributed by atoms with Gasteiger partial charge in [0.25, 0.3) is 0 Å². The molecule has 0 spiro atoms. The third kappa shape index (κ3) is 3.37. The fraction of sp³-hybridized carbons (Fsp3) is 0.421. The molecule has 0 bridgehead atoms. The molecule has 0 radical (unpaired) electrons. The monoisotopic (exact) mass is 432 g/mol. The number of halogens is 1. The summed E-state index contributed by atoms with van der Waals surface area (Å²) >= 11 is 6.16. The molecule has 0 saturated carbocycles. The van der Waals surface area contributed by atoms with E-state index in [1.807, 2.05) is 25.1 Å². The molecule has 2 saturated heterocycles. The lowest BCUT2D eigenvalue weighted by molar-refractivity contribution is 0.452. The van der Waals surface area contributed by atoms with Crippen molar-refractivity contribution in [3.8, 4) is 0 Å². The summed E-state index contributed by atoms with van der Waals surface area (Å²) in [6.45, 7) is 4.55. The smallest absolute Gasteiger partial charge is 0.218 e. The number of aromatic nitrogens is 4. The second-order valence-electron chi connectivity index (χ2n) is 7.80. The summed E-state index contributed by atoms with van der Waals surface area (Å²) in [6, 6.07) is 11.0. The van der Waals surface area contributed by atoms with E-state index in [1.165, 1.54) is 0 Å². The Morgan fingerprint density at radius 1 is 1.03 bits per heavy atom. The van der Waals surface area contributed by atoms with Gasteiger partial charge in [-0.15, -0.1) is 15.3 Å². The van der Waals surface area contributed by atoms with Gasteiger partial charge in [-0.05, 0) is 42.5 Å². The Labute approximate surface area is 174 Å². The molecular formula is C19H21ClN6O2S. The number of sulfonamides is 1. The second-order valence-corrected chi connectivity index (χ2v) is 10.2. The van der Waals surface area contributed by atoms with Crippen molar-refractivity contribution >= 4 is 33.1 Å². The van der Waals surface area contributed by atoms with Gasteiger partial charge < -0.3 is 4.90 Å². The molecule has 1 aromatic carbocycles. The minimum Gasteiger partial charge on any atom is -0.355 e. The first-order valence-electron chi connectivity index (χ1n) is 9.56. The van der Waals surface area contributed by atoms with Gasteiger partial charge in [0.15, 0.2) is 11.5 Å². The fourth-order valence-electron chi connectivity index (χ4n) is 4.32. The van der Waals surface area contributed by atoms with Crippen molar-refractivity contribution < 1.29 is 8.42 Å². The summed E-state index contributed by atoms with van der Waals surface area (Å²) in [5, 5.41) is 13.3. The first-order valence-corrected chi connectivity index (χ1v) is 11.5. The number of rotatable bonds is 4. The number of nitrogens with zero attached hydrogens (tertiary/aromatic N) is 6. The molecule has 2 aliphatic rings. The van der Waals surface area contributed by atoms with E-state index in [-0.39, 0.29) is 5.75 Å². The van der Waals surface area contributed by atoms with Crippen molar-refractivity contribution in [3.63, 3.8) is 0 Å². The molecule has 2 fully saturated rings. The molecule has 2 aliphatic heterocycles. The highest BCUT2D eigenvalue weighted by atomic mass is 35.5. The number of fused-ring (bicyclic) bond motifs is 2. The predicted molar refractivity (Wildman–Crippen MR) is 110 cm³/mol. The zero-order valence-electron chi connectivity index (χ0n) is 15.9. The lowest BCUT2D eigenvalue weighted by atomic mass is 10.0. The minimum atomic E-state index is -3.39. The van der Waals surface area contributed by atoms with Gasteiger partial charge in [-0.25, -0.2) is 12.7 Å². The molecule has 0 N–H and O–H groups in total. The van der Waals surface area contributed by atoms with E-state index in [2.05, 4.69) is 20.2 Å². The van der Waals surface area contributed by atoms with Crippen molar-refractivity contribution in [3.05, 3.63) is 52.8 Å². The molecular weight excluding hydrogens is 412 g/mol. The number of anilines is 1. The topological polar surface area (TPSA) is 83.7 Å². The van der Waals surface area contributed by atoms with Crippen molar-refractivity contribution in [2.45, 2.75) is 12.7 Å². The van der Waals surface area contributed by atoms with E-state index in [9.17, 15) is 8.42 Å². The van der Waals surface area contributed by atoms with Crippen molar-refractivity contribution in [2.75, 3.05) is 31.1 Å². The average molecular weight is 433 g/mol. The zero-order chi connectivity index (χ0) is 20.2. The number of aryl methyl sites for hydroxylation is 1. The molecule has 2 unspecified atom stereocenters. The van der Waals surface area contributed by atoms with Gasteiger partial charge >= 0.3 is 0 Å². The number of hydrogen-bond acceptors (Lipinski definition) is 6. The van der Waals surface area contributed by atoms with E-state index in [0.29, 0.717) is 35.5 Å². The van der Waals surface area contributed by atoms with Crippen molar-refractivity contribution in [1.29, 1.82) is 0 Å². The van der Waals surface area contributed by atoms with Crippen LogP contribution in [0.1, 0.15) is 11.4 Å². The van der Waals surface area contributed by atoms with Crippen LogP contribution in [0.3, 0.4) is 0 Å². The normalized spacial score (nSPS) is 22.5. The molecule has 29 heavy (non-hydrogen) atoms. The molecule has 152 valence electrons. The maximum absolute atomic E-state index is 12.9. The summed E-state index contributed by atoms with van der Waals surface area (Å²) in [5.74, 6) is 2.17. The second kappa shape index (κ2) is 6.93. The van der Waals surface area contributed by atoms with Crippen LogP contribution < -0.4 is 4.90 Å². The van der Waals surface area contributed by atoms with Gasteiger partial charge in [-0.2, -0.15) is 4.52 Å². The molecule has 2 atom stereocenters. The van der Waals surface area contributed by atoms with Gasteiger partial charge in [0.1, 0.15) is 5.82 Å². The lowest BCUT2D eigenvalue weighted by Crippen LogP contribution is -2.34. The molecule has 2 aromatic heterocycles. The first kappa shape index (κ1) is 18.8. The standard InChI is InChI=1S/C19H21ClN6O2S/c1-13-21-22-18-6-7-19(23-26(13)18)24-8-15-10-25(11-16(15)9-24)29(27,28)12-14-4-2-3-5-17(14)20/h2-7,15-16H,8-12H2,1H3. The highest BCUT2D eigenvalue weighted by Gasteiger charge is 2.44. The van der Waals surface area contributed by atoms with E-state index < -0.39 is 10.0 Å². The van der Waals surface area contributed by atoms with Gasteiger partial charge in [0.05, 0.1) is 5.75 Å². The molecule has 0 aliphatic carbocycles. The van der Waals surface area contributed by atoms with E-state index in [4.69, 9.17) is 11.6 Å². The Kier molecular flexibility index (Phi) is 4.49. The van der Waals surface area contributed by atoms with E-state index in [0.717, 1.165) is 30.4 Å². The lowest BCUT2D eigenvalue weighted by Gasteiger charge is -2.22. The van der Waals surface area contributed by atoms with Crippen LogP contribution in [0.4, 0.5) is 5.82 Å². The van der Waals surface area contributed by atoms with Crippen LogP contribution in [0.15, 0.2) is 36.4 Å². The van der Waals surface area contributed by atoms with Gasteiger partial charge in [-0.1, -0.05) is 29.8 Å². The van der Waals surface area contributed by atoms with Crippen molar-refractivity contribution in [2.24, 2.45) is 11.8 Å². The molecule has 4 heterocycles. The van der Waals surface area contributed by atoms with Gasteiger partial charge in [-0.3, -0.25) is 0 Å². The van der Waals surface area contributed by atoms with Crippen LogP contribution in [-0.4, -0.2) is 58.7 Å². The third-order valence-electron chi connectivity index (χ3n) is 5.87. The largest absolute Gasteiger partial charge is 0.355 e. The van der Waals surface area contributed by atoms with Gasteiger partial charge in [0.2, 0.25) is 10.0 Å². The van der Waals surface area contributed by atoms with Crippen LogP contribution in [0.25, 0.3) is 5.65 Å². The quantitative estimate of drug-likeness (QED) is 0.626. The Morgan fingerprint density at radius 2 is 1.76 bits per heavy atom. The Balaban J connectivity index is 1.29. The molecule has 5 rings (SSSR count). The van der Waals surface area contributed by atoms with Crippen LogP contribution in [0.5, 0.6) is 0 Å².